The minimum absolute atomic E-state index is 0.00488. The number of benzene rings is 1. The number of halogens is 1. The van der Waals surface area contributed by atoms with E-state index < -0.39 is 0 Å². The van der Waals surface area contributed by atoms with Crippen LogP contribution in [0.25, 0.3) is 0 Å². The molecule has 8 heteroatoms. The van der Waals surface area contributed by atoms with E-state index in [1.807, 2.05) is 0 Å². The average Bonchev–Trinajstić information content (AvgIpc) is 2.97. The largest absolute Gasteiger partial charge is 0.350 e. The highest BCUT2D eigenvalue weighted by molar-refractivity contribution is 8.00. The average molecular weight is 353 g/mol. The number of hydrogen-bond donors (Lipinski definition) is 1. The van der Waals surface area contributed by atoms with Crippen LogP contribution in [-0.4, -0.2) is 58.8 Å². The van der Waals surface area contributed by atoms with Crippen molar-refractivity contribution in [3.05, 3.63) is 35.6 Å². The molecule has 0 saturated carbocycles. The SMILES string of the molecule is CCN(CC(=O)NCc1ccc(F)cc1)C(=O)CN1CSCC1=O. The number of rotatable bonds is 7. The van der Waals surface area contributed by atoms with E-state index in [0.717, 1.165) is 5.56 Å². The summed E-state index contributed by atoms with van der Waals surface area (Å²) >= 11 is 1.47. The van der Waals surface area contributed by atoms with Gasteiger partial charge in [0.15, 0.2) is 0 Å². The van der Waals surface area contributed by atoms with Crippen LogP contribution < -0.4 is 5.32 Å². The Morgan fingerprint density at radius 3 is 2.62 bits per heavy atom. The molecule has 0 bridgehead atoms. The second kappa shape index (κ2) is 8.68. The molecule has 0 spiro atoms. The van der Waals surface area contributed by atoms with Gasteiger partial charge in [-0.3, -0.25) is 14.4 Å². The molecule has 1 fully saturated rings. The van der Waals surface area contributed by atoms with E-state index in [9.17, 15) is 18.8 Å². The topological polar surface area (TPSA) is 69.7 Å². The molecule has 1 saturated heterocycles. The van der Waals surface area contributed by atoms with E-state index >= 15 is 0 Å². The number of carbonyl (C=O) groups excluding carboxylic acids is 3. The predicted octanol–water partition coefficient (Wildman–Crippen LogP) is 0.823. The van der Waals surface area contributed by atoms with Crippen LogP contribution in [0.3, 0.4) is 0 Å². The number of carbonyl (C=O) groups is 3. The van der Waals surface area contributed by atoms with E-state index in [1.165, 1.54) is 33.7 Å². The van der Waals surface area contributed by atoms with Crippen molar-refractivity contribution in [2.45, 2.75) is 13.5 Å². The van der Waals surface area contributed by atoms with Gasteiger partial charge in [-0.1, -0.05) is 12.1 Å². The molecule has 1 aliphatic rings. The molecule has 0 atom stereocenters. The summed E-state index contributed by atoms with van der Waals surface area (Å²) in [6.45, 7) is 2.38. The van der Waals surface area contributed by atoms with Gasteiger partial charge in [0.25, 0.3) is 0 Å². The number of amides is 3. The van der Waals surface area contributed by atoms with Crippen LogP contribution >= 0.6 is 11.8 Å². The molecule has 1 aromatic rings. The highest BCUT2D eigenvalue weighted by Crippen LogP contribution is 2.14. The second-order valence-electron chi connectivity index (χ2n) is 5.38. The Kier molecular flexibility index (Phi) is 6.60. The number of hydrogen-bond acceptors (Lipinski definition) is 4. The zero-order chi connectivity index (χ0) is 17.5. The summed E-state index contributed by atoms with van der Waals surface area (Å²) in [5, 5.41) is 2.70. The van der Waals surface area contributed by atoms with Crippen molar-refractivity contribution < 1.29 is 18.8 Å². The lowest BCUT2D eigenvalue weighted by Crippen LogP contribution is -2.45. The van der Waals surface area contributed by atoms with Crippen molar-refractivity contribution >= 4 is 29.5 Å². The van der Waals surface area contributed by atoms with E-state index in [-0.39, 0.29) is 43.2 Å². The molecule has 1 heterocycles. The Balaban J connectivity index is 1.80. The standard InChI is InChI=1S/C16H20FN3O3S/c1-2-19(15(22)9-20-11-24-10-16(20)23)8-14(21)18-7-12-3-5-13(17)6-4-12/h3-6H,2,7-11H2,1H3,(H,18,21). The van der Waals surface area contributed by atoms with Crippen LogP contribution in [0.5, 0.6) is 0 Å². The lowest BCUT2D eigenvalue weighted by Gasteiger charge is -2.23. The fraction of sp³-hybridized carbons (Fsp3) is 0.438. The van der Waals surface area contributed by atoms with Gasteiger partial charge in [-0.05, 0) is 24.6 Å². The summed E-state index contributed by atoms with van der Waals surface area (Å²) in [4.78, 5) is 38.7. The van der Waals surface area contributed by atoms with Gasteiger partial charge in [-0.2, -0.15) is 0 Å². The van der Waals surface area contributed by atoms with Crippen molar-refractivity contribution in [2.24, 2.45) is 0 Å². The first-order valence-corrected chi connectivity index (χ1v) is 8.79. The van der Waals surface area contributed by atoms with Crippen LogP contribution in [-0.2, 0) is 20.9 Å². The van der Waals surface area contributed by atoms with E-state index in [1.54, 1.807) is 19.1 Å². The molecule has 1 N–H and O–H groups in total. The first-order chi connectivity index (χ1) is 11.5. The molecule has 0 aromatic heterocycles. The van der Waals surface area contributed by atoms with Crippen molar-refractivity contribution in [2.75, 3.05) is 31.3 Å². The number of nitrogens with zero attached hydrogens (tertiary/aromatic N) is 2. The maximum absolute atomic E-state index is 12.8. The van der Waals surface area contributed by atoms with Crippen LogP contribution in [0.2, 0.25) is 0 Å². The van der Waals surface area contributed by atoms with Crippen LogP contribution in [0.1, 0.15) is 12.5 Å². The first kappa shape index (κ1) is 18.3. The monoisotopic (exact) mass is 353 g/mol. The third-order valence-electron chi connectivity index (χ3n) is 3.62. The van der Waals surface area contributed by atoms with Crippen molar-refractivity contribution in [1.82, 2.24) is 15.1 Å². The minimum atomic E-state index is -0.331. The Labute approximate surface area is 144 Å². The summed E-state index contributed by atoms with van der Waals surface area (Å²) in [7, 11) is 0. The first-order valence-electron chi connectivity index (χ1n) is 7.64. The fourth-order valence-electron chi connectivity index (χ4n) is 2.21. The quantitative estimate of drug-likeness (QED) is 0.788. The summed E-state index contributed by atoms with van der Waals surface area (Å²) < 4.78 is 12.8. The van der Waals surface area contributed by atoms with Gasteiger partial charge in [0, 0.05) is 13.1 Å². The summed E-state index contributed by atoms with van der Waals surface area (Å²) in [6, 6.07) is 5.84. The van der Waals surface area contributed by atoms with Crippen LogP contribution in [0.15, 0.2) is 24.3 Å². The van der Waals surface area contributed by atoms with Gasteiger partial charge in [-0.25, -0.2) is 4.39 Å². The van der Waals surface area contributed by atoms with Crippen molar-refractivity contribution in [3.63, 3.8) is 0 Å². The summed E-state index contributed by atoms with van der Waals surface area (Å²) in [5.41, 5.74) is 0.777. The molecular weight excluding hydrogens is 333 g/mol. The summed E-state index contributed by atoms with van der Waals surface area (Å²) in [5.74, 6) is -0.00857. The fourth-order valence-corrected chi connectivity index (χ4v) is 3.12. The molecule has 2 rings (SSSR count). The molecule has 0 radical (unpaired) electrons. The smallest absolute Gasteiger partial charge is 0.242 e. The Hall–Kier alpha value is -2.09. The minimum Gasteiger partial charge on any atom is -0.350 e. The third-order valence-corrected chi connectivity index (χ3v) is 4.57. The molecule has 3 amide bonds. The normalized spacial score (nSPS) is 13.9. The summed E-state index contributed by atoms with van der Waals surface area (Å²) in [6.07, 6.45) is 0. The molecule has 0 aliphatic carbocycles. The number of nitrogens with one attached hydrogen (secondary N) is 1. The van der Waals surface area contributed by atoms with Crippen molar-refractivity contribution in [1.29, 1.82) is 0 Å². The van der Waals surface area contributed by atoms with E-state index in [4.69, 9.17) is 0 Å². The Morgan fingerprint density at radius 1 is 1.33 bits per heavy atom. The van der Waals surface area contributed by atoms with Crippen LogP contribution in [0.4, 0.5) is 4.39 Å². The lowest BCUT2D eigenvalue weighted by molar-refractivity contribution is -0.140. The second-order valence-corrected chi connectivity index (χ2v) is 6.34. The molecular formula is C16H20FN3O3S. The van der Waals surface area contributed by atoms with Crippen molar-refractivity contribution in [3.8, 4) is 0 Å². The highest BCUT2D eigenvalue weighted by Gasteiger charge is 2.25. The van der Waals surface area contributed by atoms with Gasteiger partial charge in [0.2, 0.25) is 17.7 Å². The van der Waals surface area contributed by atoms with Gasteiger partial charge in [0.05, 0.1) is 18.2 Å². The number of likely N-dealkylation sites (N-methyl/N-ethyl adjacent to an activating group) is 1. The molecule has 24 heavy (non-hydrogen) atoms. The van der Waals surface area contributed by atoms with Gasteiger partial charge in [0.1, 0.15) is 12.4 Å². The van der Waals surface area contributed by atoms with E-state index in [2.05, 4.69) is 5.32 Å². The van der Waals surface area contributed by atoms with E-state index in [0.29, 0.717) is 18.2 Å². The molecule has 1 aliphatic heterocycles. The molecule has 130 valence electrons. The highest BCUT2D eigenvalue weighted by atomic mass is 32.2. The Morgan fingerprint density at radius 2 is 2.04 bits per heavy atom. The van der Waals surface area contributed by atoms with Gasteiger partial charge in [-0.15, -0.1) is 11.8 Å². The molecule has 1 aromatic carbocycles. The number of thioether (sulfide) groups is 1. The lowest BCUT2D eigenvalue weighted by atomic mass is 10.2. The predicted molar refractivity (Wildman–Crippen MR) is 89.5 cm³/mol. The van der Waals surface area contributed by atoms with Crippen LogP contribution in [0, 0.1) is 5.82 Å². The maximum Gasteiger partial charge on any atom is 0.242 e. The molecule has 6 nitrogen and oxygen atoms in total. The maximum atomic E-state index is 12.8. The third kappa shape index (κ3) is 5.23. The molecule has 0 unspecified atom stereocenters. The zero-order valence-electron chi connectivity index (χ0n) is 13.5. The zero-order valence-corrected chi connectivity index (χ0v) is 14.3. The van der Waals surface area contributed by atoms with Gasteiger partial charge < -0.3 is 15.1 Å². The van der Waals surface area contributed by atoms with Gasteiger partial charge >= 0.3 is 0 Å². The Bertz CT molecular complexity index is 609.